The Morgan fingerprint density at radius 2 is 1.97 bits per heavy atom. The SMILES string of the molecule is C=CCn1c(CNc2ccc(I)cc2)nnc1S[C@H](C)C(=O)N/N=C\c1ccc(OC)cc1. The van der Waals surface area contributed by atoms with Gasteiger partial charge in [0.2, 0.25) is 0 Å². The van der Waals surface area contributed by atoms with Crippen LogP contribution in [-0.4, -0.2) is 39.2 Å². The summed E-state index contributed by atoms with van der Waals surface area (Å²) in [4.78, 5) is 12.5. The van der Waals surface area contributed by atoms with Crippen LogP contribution in [0.25, 0.3) is 0 Å². The van der Waals surface area contributed by atoms with E-state index in [1.165, 1.54) is 15.3 Å². The Bertz CT molecular complexity index is 1100. The average molecular weight is 576 g/mol. The summed E-state index contributed by atoms with van der Waals surface area (Å²) < 4.78 is 8.25. The number of nitrogens with zero attached hydrogens (tertiary/aromatic N) is 4. The molecule has 0 aliphatic rings. The van der Waals surface area contributed by atoms with Gasteiger partial charge in [0.25, 0.3) is 5.91 Å². The molecule has 1 atom stereocenters. The fourth-order valence-corrected chi connectivity index (χ4v) is 3.99. The molecule has 2 N–H and O–H groups in total. The molecule has 0 fully saturated rings. The molecule has 1 heterocycles. The quantitative estimate of drug-likeness (QED) is 0.116. The van der Waals surface area contributed by atoms with Gasteiger partial charge in [-0.3, -0.25) is 4.79 Å². The van der Waals surface area contributed by atoms with E-state index in [1.807, 2.05) is 53.1 Å². The number of hydrogen-bond acceptors (Lipinski definition) is 7. The zero-order valence-electron chi connectivity index (χ0n) is 18.4. The van der Waals surface area contributed by atoms with Crippen LogP contribution in [0.2, 0.25) is 0 Å². The number of carbonyl (C=O) groups excluding carboxylic acids is 1. The summed E-state index contributed by atoms with van der Waals surface area (Å²) in [7, 11) is 1.61. The predicted octanol–water partition coefficient (Wildman–Crippen LogP) is 4.32. The van der Waals surface area contributed by atoms with Gasteiger partial charge in [0.1, 0.15) is 5.75 Å². The molecule has 0 unspecified atom stereocenters. The molecule has 0 aliphatic heterocycles. The first-order valence-electron chi connectivity index (χ1n) is 10.2. The van der Waals surface area contributed by atoms with E-state index < -0.39 is 5.25 Å². The highest BCUT2D eigenvalue weighted by molar-refractivity contribution is 14.1. The van der Waals surface area contributed by atoms with Gasteiger partial charge in [0, 0.05) is 15.8 Å². The van der Waals surface area contributed by atoms with Crippen LogP contribution in [0, 0.1) is 3.57 Å². The normalized spacial score (nSPS) is 11.8. The molecule has 2 aromatic carbocycles. The van der Waals surface area contributed by atoms with Crippen molar-refractivity contribution in [3.8, 4) is 5.75 Å². The van der Waals surface area contributed by atoms with Crippen molar-refractivity contribution in [1.29, 1.82) is 0 Å². The molecule has 33 heavy (non-hydrogen) atoms. The number of benzene rings is 2. The highest BCUT2D eigenvalue weighted by Crippen LogP contribution is 2.23. The monoisotopic (exact) mass is 576 g/mol. The summed E-state index contributed by atoms with van der Waals surface area (Å²) in [6, 6.07) is 15.5. The van der Waals surface area contributed by atoms with Crippen LogP contribution in [-0.2, 0) is 17.9 Å². The molecule has 3 rings (SSSR count). The minimum Gasteiger partial charge on any atom is -0.497 e. The molecule has 3 aromatic rings. The van der Waals surface area contributed by atoms with Crippen molar-refractivity contribution in [3.05, 3.63) is 76.1 Å². The van der Waals surface area contributed by atoms with Crippen molar-refractivity contribution in [2.24, 2.45) is 5.10 Å². The molecule has 0 spiro atoms. The van der Waals surface area contributed by atoms with E-state index in [0.717, 1.165) is 22.8 Å². The maximum atomic E-state index is 12.5. The molecule has 172 valence electrons. The van der Waals surface area contributed by atoms with E-state index in [0.29, 0.717) is 18.2 Å². The van der Waals surface area contributed by atoms with Crippen LogP contribution in [0.15, 0.2) is 71.4 Å². The second kappa shape index (κ2) is 12.4. The Hall–Kier alpha value is -2.86. The van der Waals surface area contributed by atoms with Crippen molar-refractivity contribution >= 4 is 52.2 Å². The lowest BCUT2D eigenvalue weighted by atomic mass is 10.2. The van der Waals surface area contributed by atoms with Crippen molar-refractivity contribution < 1.29 is 9.53 Å². The molecule has 0 radical (unpaired) electrons. The van der Waals surface area contributed by atoms with E-state index in [2.05, 4.69) is 55.2 Å². The van der Waals surface area contributed by atoms with Gasteiger partial charge >= 0.3 is 0 Å². The van der Waals surface area contributed by atoms with Crippen molar-refractivity contribution in [2.75, 3.05) is 12.4 Å². The third kappa shape index (κ3) is 7.32. The number of anilines is 1. The first-order valence-corrected chi connectivity index (χ1v) is 12.1. The predicted molar refractivity (Wildman–Crippen MR) is 141 cm³/mol. The van der Waals surface area contributed by atoms with Crippen LogP contribution in [0.3, 0.4) is 0 Å². The first-order chi connectivity index (χ1) is 16.0. The number of halogens is 1. The number of rotatable bonds is 11. The number of allylic oxidation sites excluding steroid dienone is 1. The Labute approximate surface area is 211 Å². The minimum absolute atomic E-state index is 0.225. The minimum atomic E-state index is -0.414. The lowest BCUT2D eigenvalue weighted by Gasteiger charge is -2.12. The van der Waals surface area contributed by atoms with Gasteiger partial charge in [-0.1, -0.05) is 17.8 Å². The summed E-state index contributed by atoms with van der Waals surface area (Å²) in [6.45, 7) is 6.69. The maximum Gasteiger partial charge on any atom is 0.253 e. The Morgan fingerprint density at radius 3 is 2.64 bits per heavy atom. The van der Waals surface area contributed by atoms with Gasteiger partial charge in [0.15, 0.2) is 11.0 Å². The molecule has 8 nitrogen and oxygen atoms in total. The number of carbonyl (C=O) groups is 1. The summed E-state index contributed by atoms with van der Waals surface area (Å²) >= 11 is 3.60. The molecule has 0 aliphatic carbocycles. The van der Waals surface area contributed by atoms with E-state index in [4.69, 9.17) is 4.74 Å². The largest absolute Gasteiger partial charge is 0.497 e. The fourth-order valence-electron chi connectivity index (χ4n) is 2.76. The number of hydrogen-bond donors (Lipinski definition) is 2. The lowest BCUT2D eigenvalue weighted by Crippen LogP contribution is -2.27. The van der Waals surface area contributed by atoms with Gasteiger partial charge in [-0.25, -0.2) is 5.43 Å². The Balaban J connectivity index is 1.58. The van der Waals surface area contributed by atoms with Gasteiger partial charge in [-0.2, -0.15) is 5.10 Å². The number of ether oxygens (including phenoxy) is 1. The van der Waals surface area contributed by atoms with Gasteiger partial charge in [0.05, 0.1) is 25.1 Å². The molecule has 0 saturated carbocycles. The number of hydrazone groups is 1. The summed E-state index contributed by atoms with van der Waals surface area (Å²) in [5.41, 5.74) is 4.43. The van der Waals surface area contributed by atoms with Crippen LogP contribution in [0.4, 0.5) is 5.69 Å². The number of aromatic nitrogens is 3. The zero-order chi connectivity index (χ0) is 23.6. The molecular formula is C23H25IN6O2S. The van der Waals surface area contributed by atoms with Crippen molar-refractivity contribution in [2.45, 2.75) is 30.4 Å². The first kappa shape index (κ1) is 24.8. The van der Waals surface area contributed by atoms with Crippen LogP contribution >= 0.6 is 34.4 Å². The van der Waals surface area contributed by atoms with Gasteiger partial charge in [-0.15, -0.1) is 16.8 Å². The molecular weight excluding hydrogens is 551 g/mol. The smallest absolute Gasteiger partial charge is 0.253 e. The maximum absolute atomic E-state index is 12.5. The molecule has 10 heteroatoms. The van der Waals surface area contributed by atoms with E-state index in [-0.39, 0.29) is 5.91 Å². The summed E-state index contributed by atoms with van der Waals surface area (Å²) in [5.74, 6) is 1.30. The van der Waals surface area contributed by atoms with Gasteiger partial charge < -0.3 is 14.6 Å². The molecule has 0 saturated heterocycles. The van der Waals surface area contributed by atoms with Gasteiger partial charge in [-0.05, 0) is 83.6 Å². The summed E-state index contributed by atoms with van der Waals surface area (Å²) in [5, 5.41) is 16.2. The van der Waals surface area contributed by atoms with Crippen LogP contribution in [0.5, 0.6) is 5.75 Å². The lowest BCUT2D eigenvalue weighted by molar-refractivity contribution is -0.120. The second-order valence-electron chi connectivity index (χ2n) is 6.93. The average Bonchev–Trinajstić information content (AvgIpc) is 3.20. The number of nitrogens with one attached hydrogen (secondary N) is 2. The topological polar surface area (TPSA) is 93.4 Å². The highest BCUT2D eigenvalue weighted by Gasteiger charge is 2.19. The number of amides is 1. The number of thioether (sulfide) groups is 1. The van der Waals surface area contributed by atoms with Crippen LogP contribution in [0.1, 0.15) is 18.3 Å². The molecule has 1 amide bonds. The zero-order valence-corrected chi connectivity index (χ0v) is 21.3. The summed E-state index contributed by atoms with van der Waals surface area (Å²) in [6.07, 6.45) is 3.37. The molecule has 0 bridgehead atoms. The second-order valence-corrected chi connectivity index (χ2v) is 9.48. The van der Waals surface area contributed by atoms with Crippen molar-refractivity contribution in [1.82, 2.24) is 20.2 Å². The standard InChI is InChI=1S/C23H25IN6O2S/c1-4-13-30-21(15-25-19-9-7-18(24)8-10-19)27-29-23(30)33-16(2)22(31)28-26-14-17-5-11-20(32-3)12-6-17/h4-12,14,16,25H,1,13,15H2,2-3H3,(H,28,31)/b26-14-/t16-/m1/s1. The third-order valence-corrected chi connectivity index (χ3v) is 6.36. The van der Waals surface area contributed by atoms with E-state index in [9.17, 15) is 4.79 Å². The number of methoxy groups -OCH3 is 1. The third-order valence-electron chi connectivity index (χ3n) is 4.56. The fraction of sp³-hybridized carbons (Fsp3) is 0.217. The van der Waals surface area contributed by atoms with E-state index >= 15 is 0 Å². The Kier molecular flexibility index (Phi) is 9.31. The Morgan fingerprint density at radius 1 is 1.24 bits per heavy atom. The van der Waals surface area contributed by atoms with E-state index in [1.54, 1.807) is 26.3 Å². The molecule has 1 aromatic heterocycles. The van der Waals surface area contributed by atoms with Crippen molar-refractivity contribution in [3.63, 3.8) is 0 Å². The highest BCUT2D eigenvalue weighted by atomic mass is 127. The van der Waals surface area contributed by atoms with Crippen LogP contribution < -0.4 is 15.5 Å².